The summed E-state index contributed by atoms with van der Waals surface area (Å²) in [6.45, 7) is 5.38. The average molecular weight is 429 g/mol. The molecular weight excluding hydrogens is 396 g/mol. The summed E-state index contributed by atoms with van der Waals surface area (Å²) < 4.78 is 1.31. The number of carbonyl (C=O) groups is 2. The van der Waals surface area contributed by atoms with Gasteiger partial charge in [-0.3, -0.25) is 0 Å². The van der Waals surface area contributed by atoms with Crippen LogP contribution in [0.25, 0.3) is 16.9 Å². The molecule has 32 heavy (non-hydrogen) atoms. The van der Waals surface area contributed by atoms with Crippen molar-refractivity contribution in [3.63, 3.8) is 0 Å². The van der Waals surface area contributed by atoms with E-state index in [2.05, 4.69) is 13.0 Å². The predicted molar refractivity (Wildman–Crippen MR) is 129 cm³/mol. The second kappa shape index (κ2) is 10.9. The van der Waals surface area contributed by atoms with E-state index in [0.29, 0.717) is 25.7 Å². The van der Waals surface area contributed by atoms with Crippen molar-refractivity contribution in [2.24, 2.45) is 0 Å². The molecule has 0 atom stereocenters. The first-order valence-electron chi connectivity index (χ1n) is 11.5. The molecule has 2 aromatic rings. The minimum Gasteiger partial charge on any atom is -0.493 e. The molecular formula is C28H32N2O2. The lowest BCUT2D eigenvalue weighted by Gasteiger charge is -2.14. The fourth-order valence-electron chi connectivity index (χ4n) is 4.17. The summed E-state index contributed by atoms with van der Waals surface area (Å²) in [5.41, 5.74) is 18.1. The van der Waals surface area contributed by atoms with Gasteiger partial charge in [-0.25, -0.2) is 4.70 Å². The Hall–Kier alpha value is -3.14. The third-order valence-electron chi connectivity index (χ3n) is 5.91. The van der Waals surface area contributed by atoms with Crippen LogP contribution in [0.2, 0.25) is 0 Å². The number of benzene rings is 2. The first-order valence-corrected chi connectivity index (χ1v) is 11.5. The maximum Gasteiger partial charge on any atom is 0.211 e. The van der Waals surface area contributed by atoms with Crippen LogP contribution in [0.1, 0.15) is 75.1 Å². The lowest BCUT2D eigenvalue weighted by atomic mass is 9.96. The Morgan fingerprint density at radius 3 is 1.91 bits per heavy atom. The Bertz CT molecular complexity index is 1090. The minimum absolute atomic E-state index is 0.155. The monoisotopic (exact) mass is 428 g/mol. The molecule has 1 heterocycles. The molecule has 1 aliphatic heterocycles. The van der Waals surface area contributed by atoms with Crippen LogP contribution in [0.15, 0.2) is 60.2 Å². The quantitative estimate of drug-likeness (QED) is 0.373. The molecule has 0 radical (unpaired) electrons. The summed E-state index contributed by atoms with van der Waals surface area (Å²) in [7, 11) is 0. The van der Waals surface area contributed by atoms with Gasteiger partial charge in [0.15, 0.2) is 0 Å². The number of hydrogen-bond acceptors (Lipinski definition) is 2. The number of ketones is 2. The Morgan fingerprint density at radius 2 is 1.34 bits per heavy atom. The maximum atomic E-state index is 11.6. The van der Waals surface area contributed by atoms with Gasteiger partial charge in [-0.2, -0.15) is 0 Å². The van der Waals surface area contributed by atoms with E-state index in [4.69, 9.17) is 0 Å². The third kappa shape index (κ3) is 5.56. The standard InChI is InChI=1S/C28H32N2O2/c1-4-5-10-24-19-27(25-13-8-6-11-22(25)17-15-20(2)31)30(29)28(24)26-14-9-7-12-23(26)18-16-21(3)32/h6-9,11-14,19H,4-5,10,15-18H2,1-3H3. The van der Waals surface area contributed by atoms with Gasteiger partial charge in [-0.15, -0.1) is 0 Å². The molecule has 0 bridgehead atoms. The molecule has 0 saturated carbocycles. The van der Waals surface area contributed by atoms with Gasteiger partial charge in [0, 0.05) is 35.6 Å². The van der Waals surface area contributed by atoms with Crippen LogP contribution in [0, 0.1) is 0 Å². The number of allylic oxidation sites excluding steroid dienone is 2. The van der Waals surface area contributed by atoms with Gasteiger partial charge in [0.1, 0.15) is 11.6 Å². The number of nitrogens with zero attached hydrogens (tertiary/aromatic N) is 2. The number of hydrogen-bond donors (Lipinski definition) is 0. The number of carbonyl (C=O) groups excluding carboxylic acids is 2. The summed E-state index contributed by atoms with van der Waals surface area (Å²) in [4.78, 5) is 23.2. The van der Waals surface area contributed by atoms with Crippen molar-refractivity contribution in [1.82, 2.24) is 0 Å². The van der Waals surface area contributed by atoms with Crippen molar-refractivity contribution in [2.75, 3.05) is 0 Å². The van der Waals surface area contributed by atoms with Crippen LogP contribution >= 0.6 is 0 Å². The van der Waals surface area contributed by atoms with Gasteiger partial charge in [0.25, 0.3) is 0 Å². The van der Waals surface area contributed by atoms with Crippen molar-refractivity contribution in [3.8, 4) is 0 Å². The smallest absolute Gasteiger partial charge is 0.211 e. The normalized spacial score (nSPS) is 13.5. The van der Waals surface area contributed by atoms with Crippen LogP contribution in [0.5, 0.6) is 0 Å². The molecule has 4 nitrogen and oxygen atoms in total. The molecule has 2 aromatic carbocycles. The van der Waals surface area contributed by atoms with Crippen molar-refractivity contribution >= 4 is 23.0 Å². The van der Waals surface area contributed by atoms with Crippen molar-refractivity contribution < 1.29 is 14.3 Å². The van der Waals surface area contributed by atoms with Gasteiger partial charge in [-0.1, -0.05) is 49.7 Å². The van der Waals surface area contributed by atoms with Crippen LogP contribution in [-0.4, -0.2) is 16.3 Å². The molecule has 0 amide bonds. The first-order chi connectivity index (χ1) is 15.4. The SMILES string of the molecule is CCCCC1=C(c2ccccc2CCC(C)=O)[N+](=[N-])C(c2ccccc2CCC(C)=O)=C1. The lowest BCUT2D eigenvalue weighted by Crippen LogP contribution is -2.07. The Morgan fingerprint density at radius 1 is 0.812 bits per heavy atom. The Labute approximate surface area is 191 Å². The van der Waals surface area contributed by atoms with E-state index in [0.717, 1.165) is 58.5 Å². The van der Waals surface area contributed by atoms with Gasteiger partial charge >= 0.3 is 0 Å². The van der Waals surface area contributed by atoms with E-state index >= 15 is 0 Å². The van der Waals surface area contributed by atoms with Crippen molar-refractivity contribution in [2.45, 2.75) is 65.7 Å². The summed E-state index contributed by atoms with van der Waals surface area (Å²) in [6, 6.07) is 16.0. The van der Waals surface area contributed by atoms with Crippen LogP contribution < -0.4 is 0 Å². The van der Waals surface area contributed by atoms with Crippen molar-refractivity contribution in [3.05, 3.63) is 88.0 Å². The number of aryl methyl sites for hydroxylation is 2. The topological polar surface area (TPSA) is 59.4 Å². The summed E-state index contributed by atoms with van der Waals surface area (Å²) in [5.74, 6) is 0.313. The highest BCUT2D eigenvalue weighted by Crippen LogP contribution is 2.39. The van der Waals surface area contributed by atoms with E-state index in [9.17, 15) is 15.1 Å². The van der Waals surface area contributed by atoms with Crippen LogP contribution in [-0.2, 0) is 22.4 Å². The number of unbranched alkanes of at least 4 members (excludes halogenated alkanes) is 1. The zero-order valence-corrected chi connectivity index (χ0v) is 19.4. The van der Waals surface area contributed by atoms with E-state index in [1.807, 2.05) is 48.5 Å². The Kier molecular flexibility index (Phi) is 8.04. The van der Waals surface area contributed by atoms with E-state index in [1.54, 1.807) is 13.8 Å². The van der Waals surface area contributed by atoms with Gasteiger partial charge in [0.05, 0.1) is 0 Å². The molecule has 0 unspecified atom stereocenters. The largest absolute Gasteiger partial charge is 0.493 e. The number of rotatable bonds is 11. The molecule has 1 aliphatic rings. The molecule has 3 rings (SSSR count). The minimum atomic E-state index is 0.155. The van der Waals surface area contributed by atoms with Gasteiger partial charge in [0.2, 0.25) is 11.4 Å². The Balaban J connectivity index is 2.03. The predicted octanol–water partition coefficient (Wildman–Crippen LogP) is 6.72. The van der Waals surface area contributed by atoms with E-state index in [1.165, 1.54) is 4.70 Å². The fourth-order valence-corrected chi connectivity index (χ4v) is 4.17. The third-order valence-corrected chi connectivity index (χ3v) is 5.91. The summed E-state index contributed by atoms with van der Waals surface area (Å²) in [5, 5.41) is 0. The van der Waals surface area contributed by atoms with Crippen LogP contribution in [0.4, 0.5) is 0 Å². The molecule has 0 aliphatic carbocycles. The number of Topliss-reactive ketones (excluding diaryl/α,β-unsaturated/α-hetero) is 2. The molecule has 166 valence electrons. The molecule has 0 fully saturated rings. The van der Waals surface area contributed by atoms with Crippen LogP contribution in [0.3, 0.4) is 0 Å². The second-order valence-electron chi connectivity index (χ2n) is 8.54. The molecule has 0 N–H and O–H groups in total. The lowest BCUT2D eigenvalue weighted by molar-refractivity contribution is -0.344. The zero-order valence-electron chi connectivity index (χ0n) is 19.4. The summed E-state index contributed by atoms with van der Waals surface area (Å²) in [6.07, 6.45) is 7.29. The van der Waals surface area contributed by atoms with Gasteiger partial charge in [-0.05, 0) is 62.8 Å². The average Bonchev–Trinajstić information content (AvgIpc) is 3.10. The fraction of sp³-hybridized carbons (Fsp3) is 0.357. The first kappa shape index (κ1) is 23.5. The van der Waals surface area contributed by atoms with Gasteiger partial charge < -0.3 is 15.1 Å². The molecule has 4 heteroatoms. The highest BCUT2D eigenvalue weighted by Gasteiger charge is 2.31. The van der Waals surface area contributed by atoms with E-state index in [-0.39, 0.29) is 11.6 Å². The second-order valence-corrected chi connectivity index (χ2v) is 8.54. The van der Waals surface area contributed by atoms with E-state index < -0.39 is 0 Å². The maximum absolute atomic E-state index is 11.6. The van der Waals surface area contributed by atoms with Crippen molar-refractivity contribution in [1.29, 1.82) is 0 Å². The molecule has 0 aromatic heterocycles. The molecule has 0 spiro atoms. The highest BCUT2D eigenvalue weighted by atomic mass is 16.1. The summed E-state index contributed by atoms with van der Waals surface area (Å²) >= 11 is 0. The highest BCUT2D eigenvalue weighted by molar-refractivity contribution is 5.81. The molecule has 0 saturated heterocycles. The zero-order chi connectivity index (χ0) is 23.1.